The molecule has 2 unspecified atom stereocenters. The summed E-state index contributed by atoms with van der Waals surface area (Å²) in [6.45, 7) is 0.434. The van der Waals surface area contributed by atoms with Gasteiger partial charge in [-0.1, -0.05) is 30.3 Å². The zero-order valence-corrected chi connectivity index (χ0v) is 15.3. The lowest BCUT2D eigenvalue weighted by molar-refractivity contribution is -0.127. The topological polar surface area (TPSA) is 144 Å². The monoisotopic (exact) mass is 400 g/mol. The zero-order chi connectivity index (χ0) is 20.2. The minimum absolute atomic E-state index is 0.126. The lowest BCUT2D eigenvalue weighted by Crippen LogP contribution is -2.35. The van der Waals surface area contributed by atoms with Crippen molar-refractivity contribution in [3.05, 3.63) is 48.5 Å². The van der Waals surface area contributed by atoms with Gasteiger partial charge in [0.25, 0.3) is 0 Å². The SMILES string of the molecule is O=CNOC[C@H]1O[C@@H](n2cnc3c(NCc4ccccc4)ncnc32)C(O)C1O. The highest BCUT2D eigenvalue weighted by atomic mass is 16.7. The Bertz CT molecular complexity index is 968. The van der Waals surface area contributed by atoms with Crippen LogP contribution in [0.4, 0.5) is 5.82 Å². The fourth-order valence-corrected chi connectivity index (χ4v) is 3.21. The molecule has 3 aromatic rings. The van der Waals surface area contributed by atoms with Crippen LogP contribution in [0.25, 0.3) is 11.2 Å². The number of aliphatic hydroxyl groups is 2. The molecule has 4 N–H and O–H groups in total. The van der Waals surface area contributed by atoms with Crippen LogP contribution in [0.3, 0.4) is 0 Å². The second kappa shape index (κ2) is 8.49. The summed E-state index contributed by atoms with van der Waals surface area (Å²) in [6.07, 6.45) is -0.967. The van der Waals surface area contributed by atoms with E-state index in [1.54, 1.807) is 0 Å². The number of hydrogen-bond acceptors (Lipinski definition) is 9. The highest BCUT2D eigenvalue weighted by Crippen LogP contribution is 2.32. The number of imidazole rings is 1. The number of nitrogens with zero attached hydrogens (tertiary/aromatic N) is 4. The third-order valence-corrected chi connectivity index (χ3v) is 4.65. The van der Waals surface area contributed by atoms with Gasteiger partial charge >= 0.3 is 0 Å². The highest BCUT2D eigenvalue weighted by Gasteiger charge is 2.44. The summed E-state index contributed by atoms with van der Waals surface area (Å²) in [4.78, 5) is 28.0. The largest absolute Gasteiger partial charge is 0.387 e. The molecule has 1 amide bonds. The van der Waals surface area contributed by atoms with E-state index in [9.17, 15) is 15.0 Å². The minimum Gasteiger partial charge on any atom is -0.387 e. The fraction of sp³-hybridized carbons (Fsp3) is 0.333. The van der Waals surface area contributed by atoms with Crippen molar-refractivity contribution >= 4 is 23.4 Å². The Morgan fingerprint density at radius 1 is 1.17 bits per heavy atom. The van der Waals surface area contributed by atoms with Gasteiger partial charge in [-0.3, -0.25) is 14.2 Å². The molecule has 1 aromatic carbocycles. The second-order valence-corrected chi connectivity index (χ2v) is 6.48. The molecule has 11 nitrogen and oxygen atoms in total. The van der Waals surface area contributed by atoms with Crippen LogP contribution in [0.5, 0.6) is 0 Å². The van der Waals surface area contributed by atoms with Gasteiger partial charge in [0.15, 0.2) is 23.2 Å². The Labute approximate surface area is 165 Å². The molecule has 1 saturated heterocycles. The van der Waals surface area contributed by atoms with Crippen molar-refractivity contribution in [1.29, 1.82) is 0 Å². The van der Waals surface area contributed by atoms with Gasteiger partial charge in [-0.05, 0) is 5.56 Å². The Kier molecular flexibility index (Phi) is 5.62. The molecule has 1 aliphatic rings. The summed E-state index contributed by atoms with van der Waals surface area (Å²) in [5, 5.41) is 23.9. The van der Waals surface area contributed by atoms with Gasteiger partial charge in [0.2, 0.25) is 6.41 Å². The van der Waals surface area contributed by atoms with Crippen molar-refractivity contribution in [2.75, 3.05) is 11.9 Å². The van der Waals surface area contributed by atoms with Crippen LogP contribution >= 0.6 is 0 Å². The number of carbonyl (C=O) groups is 1. The third kappa shape index (κ3) is 3.89. The number of benzene rings is 1. The zero-order valence-electron chi connectivity index (χ0n) is 15.3. The van der Waals surface area contributed by atoms with E-state index in [0.29, 0.717) is 29.9 Å². The number of aliphatic hydroxyl groups excluding tert-OH is 2. The molecule has 11 heteroatoms. The van der Waals surface area contributed by atoms with Gasteiger partial charge < -0.3 is 20.3 Å². The quantitative estimate of drug-likeness (QED) is 0.228. The molecule has 1 fully saturated rings. The van der Waals surface area contributed by atoms with Gasteiger partial charge in [0.1, 0.15) is 31.2 Å². The summed E-state index contributed by atoms with van der Waals surface area (Å²) in [7, 11) is 0. The van der Waals surface area contributed by atoms with Gasteiger partial charge in [-0.2, -0.15) is 0 Å². The minimum atomic E-state index is -1.23. The molecule has 29 heavy (non-hydrogen) atoms. The number of hydroxylamine groups is 1. The number of fused-ring (bicyclic) bond motifs is 1. The average molecular weight is 400 g/mol. The smallest absolute Gasteiger partial charge is 0.230 e. The molecule has 0 radical (unpaired) electrons. The van der Waals surface area contributed by atoms with Gasteiger partial charge in [-0.15, -0.1) is 0 Å². The van der Waals surface area contributed by atoms with Crippen LogP contribution < -0.4 is 10.8 Å². The molecule has 152 valence electrons. The maximum absolute atomic E-state index is 10.4. The first-order chi connectivity index (χ1) is 14.2. The van der Waals surface area contributed by atoms with E-state index in [2.05, 4.69) is 20.3 Å². The number of hydrogen-bond donors (Lipinski definition) is 4. The number of rotatable bonds is 8. The molecular weight excluding hydrogens is 380 g/mol. The molecule has 0 aliphatic carbocycles. The van der Waals surface area contributed by atoms with Crippen molar-refractivity contribution in [3.8, 4) is 0 Å². The highest BCUT2D eigenvalue weighted by molar-refractivity contribution is 5.82. The number of nitrogens with one attached hydrogen (secondary N) is 2. The van der Waals surface area contributed by atoms with Crippen LogP contribution in [0.15, 0.2) is 43.0 Å². The van der Waals surface area contributed by atoms with Crippen molar-refractivity contribution in [2.24, 2.45) is 0 Å². The number of amides is 1. The standard InChI is InChI=1S/C18H20N6O5/c25-10-23-28-7-12-14(26)15(27)18(29-12)24-9-22-13-16(20-8-21-17(13)24)19-6-11-4-2-1-3-5-11/h1-5,8-10,12,14-15,18,26-27H,6-7H2,(H,23,25)(H,19,20,21)/t12-,14?,15?,18-/m1/s1. The van der Waals surface area contributed by atoms with E-state index in [4.69, 9.17) is 9.57 Å². The van der Waals surface area contributed by atoms with E-state index in [1.807, 2.05) is 35.8 Å². The Morgan fingerprint density at radius 3 is 2.79 bits per heavy atom. The summed E-state index contributed by atoms with van der Waals surface area (Å²) in [5.41, 5.74) is 4.06. The van der Waals surface area contributed by atoms with Gasteiger partial charge in [0.05, 0.1) is 6.33 Å². The Hall–Kier alpha value is -3.12. The summed E-state index contributed by atoms with van der Waals surface area (Å²) in [5.74, 6) is 0.542. The van der Waals surface area contributed by atoms with Gasteiger partial charge in [0, 0.05) is 6.54 Å². The second-order valence-electron chi connectivity index (χ2n) is 6.48. The van der Waals surface area contributed by atoms with Crippen molar-refractivity contribution in [3.63, 3.8) is 0 Å². The molecule has 0 bridgehead atoms. The van der Waals surface area contributed by atoms with Gasteiger partial charge in [-0.25, -0.2) is 20.4 Å². The summed E-state index contributed by atoms with van der Waals surface area (Å²) in [6, 6.07) is 9.85. The first-order valence-corrected chi connectivity index (χ1v) is 8.97. The number of aromatic nitrogens is 4. The predicted molar refractivity (Wildman–Crippen MR) is 100 cm³/mol. The molecular formula is C18H20N6O5. The number of ether oxygens (including phenoxy) is 1. The molecule has 4 rings (SSSR count). The van der Waals surface area contributed by atoms with Crippen LogP contribution in [-0.2, 0) is 20.9 Å². The lowest BCUT2D eigenvalue weighted by Gasteiger charge is -2.16. The number of carbonyl (C=O) groups excluding carboxylic acids is 1. The first-order valence-electron chi connectivity index (χ1n) is 8.97. The molecule has 0 saturated carbocycles. The fourth-order valence-electron chi connectivity index (χ4n) is 3.21. The molecule has 3 heterocycles. The van der Waals surface area contributed by atoms with E-state index in [-0.39, 0.29) is 6.61 Å². The maximum atomic E-state index is 10.4. The van der Waals surface area contributed by atoms with Crippen LogP contribution in [0.2, 0.25) is 0 Å². The number of anilines is 1. The lowest BCUT2D eigenvalue weighted by atomic mass is 10.1. The van der Waals surface area contributed by atoms with Crippen molar-refractivity contribution in [2.45, 2.75) is 31.1 Å². The van der Waals surface area contributed by atoms with E-state index < -0.39 is 24.5 Å². The molecule has 4 atom stereocenters. The molecule has 1 aliphatic heterocycles. The predicted octanol–water partition coefficient (Wildman–Crippen LogP) is -0.265. The Balaban J connectivity index is 1.53. The van der Waals surface area contributed by atoms with Crippen LogP contribution in [-0.4, -0.2) is 61.1 Å². The normalized spacial score (nSPS) is 23.9. The van der Waals surface area contributed by atoms with E-state index in [1.165, 1.54) is 17.2 Å². The average Bonchev–Trinajstić information content (AvgIpc) is 3.30. The first kappa shape index (κ1) is 19.2. The third-order valence-electron chi connectivity index (χ3n) is 4.65. The molecule has 2 aromatic heterocycles. The van der Waals surface area contributed by atoms with Crippen LogP contribution in [0.1, 0.15) is 11.8 Å². The van der Waals surface area contributed by atoms with Crippen molar-refractivity contribution in [1.82, 2.24) is 25.0 Å². The van der Waals surface area contributed by atoms with Crippen LogP contribution in [0, 0.1) is 0 Å². The van der Waals surface area contributed by atoms with E-state index in [0.717, 1.165) is 5.56 Å². The molecule has 0 spiro atoms. The summed E-state index contributed by atoms with van der Waals surface area (Å²) < 4.78 is 7.25. The van der Waals surface area contributed by atoms with Crippen molar-refractivity contribution < 1.29 is 24.6 Å². The summed E-state index contributed by atoms with van der Waals surface area (Å²) >= 11 is 0. The van der Waals surface area contributed by atoms with E-state index >= 15 is 0 Å². The maximum Gasteiger partial charge on any atom is 0.230 e. The Morgan fingerprint density at radius 2 is 2.00 bits per heavy atom.